The lowest BCUT2D eigenvalue weighted by atomic mass is 10.1. The van der Waals surface area contributed by atoms with Crippen LogP contribution in [0, 0.1) is 0 Å². The summed E-state index contributed by atoms with van der Waals surface area (Å²) >= 11 is 3.50. The Bertz CT molecular complexity index is 381. The molecule has 0 amide bonds. The highest BCUT2D eigenvalue weighted by Gasteiger charge is 2.28. The smallest absolute Gasteiger partial charge is 0.0351 e. The molecule has 2 unspecified atom stereocenters. The van der Waals surface area contributed by atoms with Gasteiger partial charge in [-0.15, -0.1) is 0 Å². The Morgan fingerprint density at radius 3 is 2.94 bits per heavy atom. The fourth-order valence-corrected chi connectivity index (χ4v) is 3.29. The van der Waals surface area contributed by atoms with E-state index in [1.807, 2.05) is 0 Å². The first kappa shape index (κ1) is 13.9. The number of hydrogen-bond acceptors (Lipinski definition) is 2. The molecule has 1 aliphatic rings. The van der Waals surface area contributed by atoms with Gasteiger partial charge in [-0.25, -0.2) is 0 Å². The van der Waals surface area contributed by atoms with E-state index < -0.39 is 0 Å². The number of rotatable bonds is 5. The van der Waals surface area contributed by atoms with Crippen LogP contribution in [0.5, 0.6) is 0 Å². The summed E-state index contributed by atoms with van der Waals surface area (Å²) < 4.78 is 1.13. The van der Waals surface area contributed by atoms with Gasteiger partial charge >= 0.3 is 0 Å². The van der Waals surface area contributed by atoms with Crippen molar-refractivity contribution in [3.8, 4) is 0 Å². The van der Waals surface area contributed by atoms with Crippen LogP contribution in [0.1, 0.15) is 33.1 Å². The molecule has 0 saturated carbocycles. The zero-order chi connectivity index (χ0) is 13.0. The number of likely N-dealkylation sites (tertiary alicyclic amines) is 1. The Balaban J connectivity index is 1.81. The van der Waals surface area contributed by atoms with Gasteiger partial charge in [0.2, 0.25) is 0 Å². The second-order valence-electron chi connectivity index (χ2n) is 5.16. The van der Waals surface area contributed by atoms with Crippen molar-refractivity contribution >= 4 is 21.6 Å². The first-order chi connectivity index (χ1) is 8.70. The average molecular weight is 311 g/mol. The molecule has 2 nitrogen and oxygen atoms in total. The number of nitrogens with zero attached hydrogens (tertiary/aromatic N) is 1. The second-order valence-corrected chi connectivity index (χ2v) is 6.08. The van der Waals surface area contributed by atoms with E-state index in [2.05, 4.69) is 64.3 Å². The molecule has 1 heterocycles. The van der Waals surface area contributed by atoms with Crippen molar-refractivity contribution in [3.05, 3.63) is 28.7 Å². The zero-order valence-corrected chi connectivity index (χ0v) is 12.9. The summed E-state index contributed by atoms with van der Waals surface area (Å²) in [4.78, 5) is 2.66. The number of nitrogens with one attached hydrogen (secondary N) is 1. The van der Waals surface area contributed by atoms with Crippen molar-refractivity contribution in [2.45, 2.75) is 45.2 Å². The summed E-state index contributed by atoms with van der Waals surface area (Å²) in [6.07, 6.45) is 4.01. The lowest BCUT2D eigenvalue weighted by molar-refractivity contribution is 0.207. The van der Waals surface area contributed by atoms with Crippen molar-refractivity contribution in [1.82, 2.24) is 4.90 Å². The van der Waals surface area contributed by atoms with Gasteiger partial charge in [-0.3, -0.25) is 4.90 Å². The van der Waals surface area contributed by atoms with Gasteiger partial charge in [-0.1, -0.05) is 28.9 Å². The van der Waals surface area contributed by atoms with Crippen LogP contribution in [-0.4, -0.2) is 30.1 Å². The highest BCUT2D eigenvalue weighted by atomic mass is 79.9. The Morgan fingerprint density at radius 1 is 1.39 bits per heavy atom. The molecular weight excluding hydrogens is 288 g/mol. The predicted molar refractivity (Wildman–Crippen MR) is 82.1 cm³/mol. The standard InChI is InChI=1S/C15H23BrN2/c1-3-15-8-7-12(2)18(15)10-9-17-14-6-4-5-13(16)11-14/h4-6,11-12,15,17H,3,7-10H2,1-2H3. The average Bonchev–Trinajstić information content (AvgIpc) is 2.71. The molecule has 1 N–H and O–H groups in total. The van der Waals surface area contributed by atoms with E-state index in [1.165, 1.54) is 24.9 Å². The Morgan fingerprint density at radius 2 is 2.22 bits per heavy atom. The lowest BCUT2D eigenvalue weighted by Crippen LogP contribution is -2.37. The van der Waals surface area contributed by atoms with Crippen LogP contribution in [0.25, 0.3) is 0 Å². The van der Waals surface area contributed by atoms with Gasteiger partial charge in [0.05, 0.1) is 0 Å². The van der Waals surface area contributed by atoms with Crippen LogP contribution in [0.4, 0.5) is 5.69 Å². The van der Waals surface area contributed by atoms with Crippen molar-refractivity contribution in [2.24, 2.45) is 0 Å². The number of benzene rings is 1. The van der Waals surface area contributed by atoms with E-state index in [9.17, 15) is 0 Å². The molecule has 2 atom stereocenters. The van der Waals surface area contributed by atoms with E-state index in [0.717, 1.165) is 29.6 Å². The molecule has 1 aromatic rings. The molecule has 0 bridgehead atoms. The second kappa shape index (κ2) is 6.58. The quantitative estimate of drug-likeness (QED) is 0.880. The number of halogens is 1. The van der Waals surface area contributed by atoms with Crippen LogP contribution < -0.4 is 5.32 Å². The van der Waals surface area contributed by atoms with Gasteiger partial charge in [-0.05, 0) is 44.4 Å². The van der Waals surface area contributed by atoms with Gasteiger partial charge in [0, 0.05) is 35.3 Å². The maximum atomic E-state index is 3.51. The summed E-state index contributed by atoms with van der Waals surface area (Å²) in [5.74, 6) is 0. The minimum Gasteiger partial charge on any atom is -0.384 e. The summed E-state index contributed by atoms with van der Waals surface area (Å²) in [6, 6.07) is 9.92. The SMILES string of the molecule is CCC1CCC(C)N1CCNc1cccc(Br)c1. The molecule has 1 aliphatic heterocycles. The summed E-state index contributed by atoms with van der Waals surface area (Å²) in [5, 5.41) is 3.51. The summed E-state index contributed by atoms with van der Waals surface area (Å²) in [7, 11) is 0. The molecule has 0 radical (unpaired) electrons. The predicted octanol–water partition coefficient (Wildman–Crippen LogP) is 4.12. The van der Waals surface area contributed by atoms with Crippen molar-refractivity contribution in [2.75, 3.05) is 18.4 Å². The monoisotopic (exact) mass is 310 g/mol. The van der Waals surface area contributed by atoms with Crippen LogP contribution in [0.3, 0.4) is 0 Å². The van der Waals surface area contributed by atoms with Crippen LogP contribution >= 0.6 is 15.9 Å². The fourth-order valence-electron chi connectivity index (χ4n) is 2.89. The molecule has 0 aliphatic carbocycles. The van der Waals surface area contributed by atoms with Crippen molar-refractivity contribution in [3.63, 3.8) is 0 Å². The Kier molecular flexibility index (Phi) is 5.07. The highest BCUT2D eigenvalue weighted by molar-refractivity contribution is 9.10. The molecule has 1 aromatic carbocycles. The molecule has 18 heavy (non-hydrogen) atoms. The Labute approximate surface area is 119 Å². The van der Waals surface area contributed by atoms with Gasteiger partial charge < -0.3 is 5.32 Å². The maximum absolute atomic E-state index is 3.51. The molecule has 0 spiro atoms. The molecule has 1 fully saturated rings. The van der Waals surface area contributed by atoms with Crippen LogP contribution in [0.2, 0.25) is 0 Å². The van der Waals surface area contributed by atoms with E-state index >= 15 is 0 Å². The third-order valence-electron chi connectivity index (χ3n) is 3.95. The van der Waals surface area contributed by atoms with Crippen LogP contribution in [-0.2, 0) is 0 Å². The van der Waals surface area contributed by atoms with Crippen molar-refractivity contribution < 1.29 is 0 Å². The molecule has 2 rings (SSSR count). The third kappa shape index (κ3) is 3.48. The number of hydrogen-bond donors (Lipinski definition) is 1. The van der Waals surface area contributed by atoms with Gasteiger partial charge in [0.1, 0.15) is 0 Å². The highest BCUT2D eigenvalue weighted by Crippen LogP contribution is 2.25. The van der Waals surface area contributed by atoms with E-state index in [-0.39, 0.29) is 0 Å². The van der Waals surface area contributed by atoms with Crippen LogP contribution in [0.15, 0.2) is 28.7 Å². The third-order valence-corrected chi connectivity index (χ3v) is 4.44. The Hall–Kier alpha value is -0.540. The minimum atomic E-state index is 0.749. The molecule has 0 aromatic heterocycles. The van der Waals surface area contributed by atoms with E-state index in [1.54, 1.807) is 0 Å². The largest absolute Gasteiger partial charge is 0.384 e. The maximum Gasteiger partial charge on any atom is 0.0351 e. The molecule has 1 saturated heterocycles. The number of anilines is 1. The normalized spacial score (nSPS) is 24.4. The first-order valence-corrected chi connectivity index (χ1v) is 7.75. The van der Waals surface area contributed by atoms with Gasteiger partial charge in [0.25, 0.3) is 0 Å². The summed E-state index contributed by atoms with van der Waals surface area (Å²) in [6.45, 7) is 6.83. The van der Waals surface area contributed by atoms with Gasteiger partial charge in [0.15, 0.2) is 0 Å². The molecule has 3 heteroatoms. The molecular formula is C15H23BrN2. The fraction of sp³-hybridized carbons (Fsp3) is 0.600. The first-order valence-electron chi connectivity index (χ1n) is 6.96. The van der Waals surface area contributed by atoms with Gasteiger partial charge in [-0.2, -0.15) is 0 Å². The topological polar surface area (TPSA) is 15.3 Å². The zero-order valence-electron chi connectivity index (χ0n) is 11.3. The van der Waals surface area contributed by atoms with E-state index in [0.29, 0.717) is 0 Å². The lowest BCUT2D eigenvalue weighted by Gasteiger charge is -2.27. The summed E-state index contributed by atoms with van der Waals surface area (Å²) in [5.41, 5.74) is 1.20. The minimum absolute atomic E-state index is 0.749. The van der Waals surface area contributed by atoms with E-state index in [4.69, 9.17) is 0 Å². The molecule has 100 valence electrons. The van der Waals surface area contributed by atoms with Crippen molar-refractivity contribution in [1.29, 1.82) is 0 Å².